The molecule has 1 unspecified atom stereocenters. The van der Waals surface area contributed by atoms with Crippen molar-refractivity contribution >= 4 is 14.4 Å². The number of hydrogen-bond acceptors (Lipinski definition) is 4. The number of ether oxygens (including phenoxy) is 1. The summed E-state index contributed by atoms with van der Waals surface area (Å²) in [6.07, 6.45) is -0.925. The molecule has 0 aliphatic carbocycles. The Morgan fingerprint density at radius 3 is 2.39 bits per heavy atom. The Labute approximate surface area is 140 Å². The minimum Gasteiger partial charge on any atom is -0.445 e. The maximum Gasteiger partial charge on any atom is 0.407 e. The van der Waals surface area contributed by atoms with Gasteiger partial charge in [-0.3, -0.25) is 0 Å². The van der Waals surface area contributed by atoms with Crippen LogP contribution in [0.15, 0.2) is 30.3 Å². The molecule has 5 nitrogen and oxygen atoms in total. The Balaban J connectivity index is 2.40. The van der Waals surface area contributed by atoms with Crippen LogP contribution < -0.4 is 5.32 Å². The molecule has 130 valence electrons. The number of nitrogens with one attached hydrogen (secondary N) is 1. The number of amides is 1. The smallest absolute Gasteiger partial charge is 0.407 e. The maximum absolute atomic E-state index is 11.7. The van der Waals surface area contributed by atoms with Gasteiger partial charge in [0.25, 0.3) is 0 Å². The first-order valence-electron chi connectivity index (χ1n) is 7.89. The number of aliphatic hydroxyl groups excluding tert-OH is 1. The summed E-state index contributed by atoms with van der Waals surface area (Å²) in [5.41, 5.74) is 0.930. The Morgan fingerprint density at radius 2 is 1.87 bits per heavy atom. The van der Waals surface area contributed by atoms with Gasteiger partial charge in [-0.1, -0.05) is 51.1 Å². The van der Waals surface area contributed by atoms with Gasteiger partial charge >= 0.3 is 6.09 Å². The molecule has 0 saturated heterocycles. The lowest BCUT2D eigenvalue weighted by atomic mass is 10.2. The highest BCUT2D eigenvalue weighted by molar-refractivity contribution is 6.74. The number of aliphatic hydroxyl groups is 1. The molecule has 2 N–H and O–H groups in total. The van der Waals surface area contributed by atoms with Crippen LogP contribution in [0.5, 0.6) is 0 Å². The molecule has 23 heavy (non-hydrogen) atoms. The van der Waals surface area contributed by atoms with Crippen molar-refractivity contribution in [2.24, 2.45) is 0 Å². The SMILES string of the molecule is CC(C)(C)[Si](C)(C)OC(CO)CNC(=O)OCc1ccccc1. The molecule has 0 aliphatic heterocycles. The van der Waals surface area contributed by atoms with Gasteiger partial charge in [0.15, 0.2) is 8.32 Å². The van der Waals surface area contributed by atoms with Crippen molar-refractivity contribution in [1.82, 2.24) is 5.32 Å². The van der Waals surface area contributed by atoms with Gasteiger partial charge in [0.05, 0.1) is 12.7 Å². The maximum atomic E-state index is 11.7. The van der Waals surface area contributed by atoms with Gasteiger partial charge in [-0.05, 0) is 23.7 Å². The number of rotatable bonds is 7. The van der Waals surface area contributed by atoms with Crippen LogP contribution in [0.2, 0.25) is 18.1 Å². The summed E-state index contributed by atoms with van der Waals surface area (Å²) in [6.45, 7) is 11.0. The molecule has 0 saturated carbocycles. The predicted molar refractivity (Wildman–Crippen MR) is 93.8 cm³/mol. The lowest BCUT2D eigenvalue weighted by molar-refractivity contribution is 0.0938. The van der Waals surface area contributed by atoms with Crippen molar-refractivity contribution in [3.05, 3.63) is 35.9 Å². The zero-order chi connectivity index (χ0) is 17.5. The fourth-order valence-corrected chi connectivity index (χ4v) is 3.05. The van der Waals surface area contributed by atoms with Crippen LogP contribution in [0.1, 0.15) is 26.3 Å². The molecule has 0 spiro atoms. The summed E-state index contributed by atoms with van der Waals surface area (Å²) >= 11 is 0. The van der Waals surface area contributed by atoms with E-state index in [4.69, 9.17) is 9.16 Å². The first kappa shape index (κ1) is 19.7. The summed E-state index contributed by atoms with van der Waals surface area (Å²) in [7, 11) is -1.98. The van der Waals surface area contributed by atoms with Crippen molar-refractivity contribution in [3.8, 4) is 0 Å². The minimum atomic E-state index is -1.98. The number of hydrogen-bond donors (Lipinski definition) is 2. The highest BCUT2D eigenvalue weighted by Gasteiger charge is 2.39. The van der Waals surface area contributed by atoms with Gasteiger partial charge in [-0.25, -0.2) is 4.79 Å². The number of carbonyl (C=O) groups excluding carboxylic acids is 1. The van der Waals surface area contributed by atoms with Crippen molar-refractivity contribution in [2.75, 3.05) is 13.2 Å². The predicted octanol–water partition coefficient (Wildman–Crippen LogP) is 3.30. The van der Waals surface area contributed by atoms with E-state index in [1.54, 1.807) is 0 Å². The molecular formula is C17H29NO4Si. The lowest BCUT2D eigenvalue weighted by Crippen LogP contribution is -2.48. The lowest BCUT2D eigenvalue weighted by Gasteiger charge is -2.38. The second-order valence-electron chi connectivity index (χ2n) is 7.13. The summed E-state index contributed by atoms with van der Waals surface area (Å²) in [5.74, 6) is 0. The van der Waals surface area contributed by atoms with Crippen LogP contribution in [0.25, 0.3) is 0 Å². The molecule has 0 aromatic heterocycles. The van der Waals surface area contributed by atoms with Crippen LogP contribution in [0.3, 0.4) is 0 Å². The van der Waals surface area contributed by atoms with Crippen molar-refractivity contribution in [3.63, 3.8) is 0 Å². The third-order valence-electron chi connectivity index (χ3n) is 4.16. The molecule has 0 heterocycles. The third-order valence-corrected chi connectivity index (χ3v) is 8.69. The van der Waals surface area contributed by atoms with Crippen molar-refractivity contribution in [1.29, 1.82) is 0 Å². The highest BCUT2D eigenvalue weighted by atomic mass is 28.4. The molecule has 1 amide bonds. The number of carbonyl (C=O) groups is 1. The fraction of sp³-hybridized carbons (Fsp3) is 0.588. The van der Waals surface area contributed by atoms with Gasteiger partial charge in [-0.15, -0.1) is 0 Å². The summed E-state index contributed by atoms with van der Waals surface area (Å²) in [5, 5.41) is 12.2. The molecule has 1 aromatic rings. The van der Waals surface area contributed by atoms with E-state index in [2.05, 4.69) is 39.2 Å². The highest BCUT2D eigenvalue weighted by Crippen LogP contribution is 2.37. The summed E-state index contributed by atoms with van der Waals surface area (Å²) in [6, 6.07) is 9.49. The van der Waals surface area contributed by atoms with Crippen molar-refractivity contribution in [2.45, 2.75) is 51.6 Å². The zero-order valence-corrected chi connectivity index (χ0v) is 15.8. The van der Waals surface area contributed by atoms with Gasteiger partial charge in [0, 0.05) is 6.54 Å². The van der Waals surface area contributed by atoms with E-state index in [0.717, 1.165) is 5.56 Å². The molecule has 6 heteroatoms. The molecule has 0 aliphatic rings. The van der Waals surface area contributed by atoms with Crippen LogP contribution in [0, 0.1) is 0 Å². The Bertz CT molecular complexity index is 485. The van der Waals surface area contributed by atoms with Gasteiger partial charge < -0.3 is 19.6 Å². The average Bonchev–Trinajstić information content (AvgIpc) is 2.49. The topological polar surface area (TPSA) is 67.8 Å². The van der Waals surface area contributed by atoms with Crippen LogP contribution in [-0.2, 0) is 15.8 Å². The van der Waals surface area contributed by atoms with Crippen molar-refractivity contribution < 1.29 is 19.1 Å². The van der Waals surface area contributed by atoms with Crippen LogP contribution in [0.4, 0.5) is 4.79 Å². The minimum absolute atomic E-state index is 0.0498. The summed E-state index contributed by atoms with van der Waals surface area (Å²) in [4.78, 5) is 11.7. The quantitative estimate of drug-likeness (QED) is 0.748. The van der Waals surface area contributed by atoms with Gasteiger partial charge in [-0.2, -0.15) is 0 Å². The zero-order valence-electron chi connectivity index (χ0n) is 14.8. The number of alkyl carbamates (subject to hydrolysis) is 1. The Hall–Kier alpha value is -1.37. The van der Waals surface area contributed by atoms with E-state index >= 15 is 0 Å². The largest absolute Gasteiger partial charge is 0.445 e. The Morgan fingerprint density at radius 1 is 1.26 bits per heavy atom. The van der Waals surface area contributed by atoms with Crippen LogP contribution >= 0.6 is 0 Å². The van der Waals surface area contributed by atoms with E-state index in [9.17, 15) is 9.90 Å². The van der Waals surface area contributed by atoms with E-state index < -0.39 is 20.5 Å². The first-order valence-corrected chi connectivity index (χ1v) is 10.8. The second-order valence-corrected chi connectivity index (χ2v) is 11.9. The molecule has 1 aromatic carbocycles. The Kier molecular flexibility index (Phi) is 7.25. The monoisotopic (exact) mass is 339 g/mol. The van der Waals surface area contributed by atoms with E-state index in [0.29, 0.717) is 0 Å². The molecular weight excluding hydrogens is 310 g/mol. The van der Waals surface area contributed by atoms with E-state index in [-0.39, 0.29) is 24.8 Å². The molecule has 0 bridgehead atoms. The summed E-state index contributed by atoms with van der Waals surface area (Å²) < 4.78 is 11.2. The third kappa shape index (κ3) is 6.72. The second kappa shape index (κ2) is 8.47. The van der Waals surface area contributed by atoms with Gasteiger partial charge in [0.1, 0.15) is 6.61 Å². The number of benzene rings is 1. The average molecular weight is 340 g/mol. The standard InChI is InChI=1S/C17H29NO4Si/c1-17(2,3)23(4,5)22-15(12-19)11-18-16(20)21-13-14-9-7-6-8-10-14/h6-10,15,19H,11-13H2,1-5H3,(H,18,20). The molecule has 0 radical (unpaired) electrons. The van der Waals surface area contributed by atoms with E-state index in [1.165, 1.54) is 0 Å². The fourth-order valence-electron chi connectivity index (χ4n) is 1.71. The first-order chi connectivity index (χ1) is 10.7. The van der Waals surface area contributed by atoms with E-state index in [1.807, 2.05) is 30.3 Å². The van der Waals surface area contributed by atoms with Gasteiger partial charge in [0.2, 0.25) is 0 Å². The van der Waals surface area contributed by atoms with Crippen LogP contribution in [-0.4, -0.2) is 38.8 Å². The molecule has 1 rings (SSSR count). The normalized spacial score (nSPS) is 13.5. The molecule has 0 fully saturated rings. The molecule has 1 atom stereocenters.